The zero-order valence-corrected chi connectivity index (χ0v) is 11.3. The summed E-state index contributed by atoms with van der Waals surface area (Å²) in [6.45, 7) is 0. The van der Waals surface area contributed by atoms with Crippen LogP contribution in [-0.2, 0) is 9.59 Å². The van der Waals surface area contributed by atoms with Gasteiger partial charge in [-0.3, -0.25) is 14.9 Å². The number of aliphatic carboxylic acids is 1. The van der Waals surface area contributed by atoms with Gasteiger partial charge in [-0.15, -0.1) is 0 Å². The Kier molecular flexibility index (Phi) is 4.10. The fourth-order valence-electron chi connectivity index (χ4n) is 3.06. The van der Waals surface area contributed by atoms with Crippen LogP contribution in [0.2, 0.25) is 0 Å². The molecule has 2 aliphatic carbocycles. The average Bonchev–Trinajstić information content (AvgIpc) is 3.05. The molecule has 0 bridgehead atoms. The van der Waals surface area contributed by atoms with Crippen molar-refractivity contribution >= 4 is 11.9 Å². The number of likely N-dealkylation sites (N-methyl/N-ethyl adjacent to an activating group) is 1. The number of nitrogens with two attached hydrogens (primary N) is 1. The molecule has 0 aromatic rings. The van der Waals surface area contributed by atoms with E-state index in [9.17, 15) is 14.7 Å². The highest BCUT2D eigenvalue weighted by molar-refractivity contribution is 5.80. The van der Waals surface area contributed by atoms with E-state index in [0.29, 0.717) is 25.3 Å². The van der Waals surface area contributed by atoms with Gasteiger partial charge >= 0.3 is 5.97 Å². The predicted molar refractivity (Wildman–Crippen MR) is 70.5 cm³/mol. The number of hydrogen-bond acceptors (Lipinski definition) is 4. The van der Waals surface area contributed by atoms with Crippen LogP contribution in [0.5, 0.6) is 0 Å². The molecule has 0 aromatic heterocycles. The lowest BCUT2D eigenvalue weighted by Crippen LogP contribution is -2.51. The second kappa shape index (κ2) is 5.46. The van der Waals surface area contributed by atoms with Crippen molar-refractivity contribution in [2.75, 3.05) is 7.05 Å². The molecule has 19 heavy (non-hydrogen) atoms. The smallest absolute Gasteiger partial charge is 0.323 e. The normalized spacial score (nSPS) is 32.2. The third-order valence-electron chi connectivity index (χ3n) is 4.34. The summed E-state index contributed by atoms with van der Waals surface area (Å²) in [4.78, 5) is 22.8. The Hall–Kier alpha value is -1.14. The van der Waals surface area contributed by atoms with Crippen LogP contribution in [0.4, 0.5) is 0 Å². The number of carbonyl (C=O) groups excluding carboxylic acids is 1. The maximum Gasteiger partial charge on any atom is 0.323 e. The first-order chi connectivity index (χ1) is 8.97. The van der Waals surface area contributed by atoms with Gasteiger partial charge in [0.15, 0.2) is 0 Å². The summed E-state index contributed by atoms with van der Waals surface area (Å²) < 4.78 is 0. The Morgan fingerprint density at radius 1 is 1.42 bits per heavy atom. The molecule has 3 unspecified atom stereocenters. The van der Waals surface area contributed by atoms with E-state index in [0.717, 1.165) is 19.3 Å². The Morgan fingerprint density at radius 2 is 2.11 bits per heavy atom. The third-order valence-corrected chi connectivity index (χ3v) is 4.34. The van der Waals surface area contributed by atoms with Gasteiger partial charge in [0.05, 0.1) is 6.04 Å². The van der Waals surface area contributed by atoms with Crippen LogP contribution in [0.25, 0.3) is 0 Å². The van der Waals surface area contributed by atoms with Crippen LogP contribution >= 0.6 is 0 Å². The molecule has 0 saturated heterocycles. The predicted octanol–water partition coefficient (Wildman–Crippen LogP) is -0.175. The first-order valence-electron chi connectivity index (χ1n) is 6.94. The fraction of sp³-hybridized carbons (Fsp3) is 0.846. The number of primary amides is 1. The van der Waals surface area contributed by atoms with Gasteiger partial charge < -0.3 is 16.2 Å². The Labute approximate surface area is 113 Å². The highest BCUT2D eigenvalue weighted by Crippen LogP contribution is 2.39. The molecular weight excluding hydrogens is 246 g/mol. The molecule has 0 radical (unpaired) electrons. The highest BCUT2D eigenvalue weighted by Gasteiger charge is 2.48. The third kappa shape index (κ3) is 3.25. The molecule has 108 valence electrons. The largest absolute Gasteiger partial charge is 0.480 e. The van der Waals surface area contributed by atoms with Crippen LogP contribution in [0.3, 0.4) is 0 Å². The summed E-state index contributed by atoms with van der Waals surface area (Å²) in [5, 5.41) is 15.7. The maximum atomic E-state index is 11.6. The van der Waals surface area contributed by atoms with E-state index in [4.69, 9.17) is 5.73 Å². The second-order valence-electron chi connectivity index (χ2n) is 5.89. The minimum Gasteiger partial charge on any atom is -0.480 e. The first kappa shape index (κ1) is 14.3. The molecule has 3 atom stereocenters. The van der Waals surface area contributed by atoms with Gasteiger partial charge in [0.1, 0.15) is 5.54 Å². The van der Waals surface area contributed by atoms with E-state index < -0.39 is 11.5 Å². The quantitative estimate of drug-likeness (QED) is 0.513. The number of carboxylic acid groups (broad SMARTS) is 1. The van der Waals surface area contributed by atoms with Crippen LogP contribution < -0.4 is 16.4 Å². The van der Waals surface area contributed by atoms with Crippen molar-refractivity contribution in [3.05, 3.63) is 0 Å². The van der Waals surface area contributed by atoms with Gasteiger partial charge in [-0.2, -0.15) is 0 Å². The van der Waals surface area contributed by atoms with Gasteiger partial charge in [-0.05, 0) is 51.5 Å². The van der Waals surface area contributed by atoms with Crippen LogP contribution in [0, 0.1) is 5.92 Å². The molecule has 2 saturated carbocycles. The zero-order valence-electron chi connectivity index (χ0n) is 11.3. The summed E-state index contributed by atoms with van der Waals surface area (Å²) >= 11 is 0. The molecule has 6 heteroatoms. The molecule has 6 nitrogen and oxygen atoms in total. The molecule has 0 spiro atoms. The van der Waals surface area contributed by atoms with Crippen molar-refractivity contribution in [1.82, 2.24) is 10.6 Å². The SMILES string of the molecule is CNC(CC1CCC(NC2CC2)(C(=O)O)C1)C(N)=O. The Balaban J connectivity index is 1.95. The molecule has 5 N–H and O–H groups in total. The summed E-state index contributed by atoms with van der Waals surface area (Å²) in [7, 11) is 1.71. The second-order valence-corrected chi connectivity index (χ2v) is 5.89. The van der Waals surface area contributed by atoms with Gasteiger partial charge in [-0.1, -0.05) is 0 Å². The van der Waals surface area contributed by atoms with Gasteiger partial charge in [0.25, 0.3) is 0 Å². The molecule has 0 aliphatic heterocycles. The number of carbonyl (C=O) groups is 2. The number of nitrogens with one attached hydrogen (secondary N) is 2. The van der Waals surface area contributed by atoms with E-state index in [1.165, 1.54) is 0 Å². The monoisotopic (exact) mass is 269 g/mol. The number of amides is 1. The summed E-state index contributed by atoms with van der Waals surface area (Å²) in [6.07, 6.45) is 4.81. The van der Waals surface area contributed by atoms with E-state index in [2.05, 4.69) is 10.6 Å². The number of hydrogen-bond donors (Lipinski definition) is 4. The lowest BCUT2D eigenvalue weighted by atomic mass is 9.92. The molecule has 2 rings (SSSR count). The molecule has 0 heterocycles. The standard InChI is InChI=1S/C13H23N3O3/c1-15-10(11(14)17)6-8-4-5-13(7-8,12(18)19)16-9-2-3-9/h8-10,15-16H,2-7H2,1H3,(H2,14,17)(H,18,19). The summed E-state index contributed by atoms with van der Waals surface area (Å²) in [6, 6.07) is 0.00149. The van der Waals surface area contributed by atoms with E-state index in [1.807, 2.05) is 0 Å². The molecular formula is C13H23N3O3. The number of carboxylic acids is 1. The average molecular weight is 269 g/mol. The Bertz CT molecular complexity index is 370. The van der Waals surface area contributed by atoms with Crippen molar-refractivity contribution in [3.8, 4) is 0 Å². The van der Waals surface area contributed by atoms with Crippen LogP contribution in [0.15, 0.2) is 0 Å². The topological polar surface area (TPSA) is 104 Å². The molecule has 1 amide bonds. The molecule has 2 fully saturated rings. The minimum atomic E-state index is -0.790. The Morgan fingerprint density at radius 3 is 2.58 bits per heavy atom. The number of rotatable bonds is 7. The van der Waals surface area contributed by atoms with Crippen LogP contribution in [-0.4, -0.2) is 41.7 Å². The zero-order chi connectivity index (χ0) is 14.0. The lowest BCUT2D eigenvalue weighted by molar-refractivity contribution is -0.144. The fourth-order valence-corrected chi connectivity index (χ4v) is 3.06. The first-order valence-corrected chi connectivity index (χ1v) is 6.94. The van der Waals surface area contributed by atoms with Crippen molar-refractivity contribution in [2.45, 2.75) is 56.1 Å². The minimum absolute atomic E-state index is 0.229. The van der Waals surface area contributed by atoms with Crippen LogP contribution in [0.1, 0.15) is 38.5 Å². The van der Waals surface area contributed by atoms with Crippen molar-refractivity contribution in [2.24, 2.45) is 11.7 Å². The van der Waals surface area contributed by atoms with Gasteiger partial charge in [0.2, 0.25) is 5.91 Å². The van der Waals surface area contributed by atoms with E-state index in [-0.39, 0.29) is 17.9 Å². The van der Waals surface area contributed by atoms with Crippen molar-refractivity contribution in [1.29, 1.82) is 0 Å². The van der Waals surface area contributed by atoms with Gasteiger partial charge in [-0.25, -0.2) is 0 Å². The van der Waals surface area contributed by atoms with E-state index >= 15 is 0 Å². The lowest BCUT2D eigenvalue weighted by Gasteiger charge is -2.26. The highest BCUT2D eigenvalue weighted by atomic mass is 16.4. The summed E-state index contributed by atoms with van der Waals surface area (Å²) in [5.41, 5.74) is 4.52. The van der Waals surface area contributed by atoms with Crippen molar-refractivity contribution < 1.29 is 14.7 Å². The van der Waals surface area contributed by atoms with Gasteiger partial charge in [0, 0.05) is 6.04 Å². The maximum absolute atomic E-state index is 11.6. The van der Waals surface area contributed by atoms with Crippen molar-refractivity contribution in [3.63, 3.8) is 0 Å². The molecule has 0 aromatic carbocycles. The molecule has 2 aliphatic rings. The van der Waals surface area contributed by atoms with E-state index in [1.54, 1.807) is 7.05 Å². The summed E-state index contributed by atoms with van der Waals surface area (Å²) in [5.74, 6) is -0.903.